The molecule has 0 saturated carbocycles. The van der Waals surface area contributed by atoms with Gasteiger partial charge in [0.15, 0.2) is 0 Å². The highest BCUT2D eigenvalue weighted by molar-refractivity contribution is 6.30. The summed E-state index contributed by atoms with van der Waals surface area (Å²) in [4.78, 5) is 32.5. The number of rotatable bonds is 10. The highest BCUT2D eigenvalue weighted by atomic mass is 35.5. The van der Waals surface area contributed by atoms with Gasteiger partial charge >= 0.3 is 12.3 Å². The van der Waals surface area contributed by atoms with E-state index in [1.807, 2.05) is 12.1 Å². The van der Waals surface area contributed by atoms with Gasteiger partial charge in [0, 0.05) is 50.2 Å². The minimum atomic E-state index is -4.39. The number of halogens is 4. The third-order valence-electron chi connectivity index (χ3n) is 7.36. The van der Waals surface area contributed by atoms with Gasteiger partial charge in [-0.25, -0.2) is 4.79 Å². The van der Waals surface area contributed by atoms with E-state index in [0.29, 0.717) is 37.7 Å². The molecule has 2 aromatic rings. The lowest BCUT2D eigenvalue weighted by molar-refractivity contribution is -0.137. The molecule has 232 valence electrons. The maximum absolute atomic E-state index is 13.7. The normalized spacial score (nSPS) is 16.3. The predicted molar refractivity (Wildman–Crippen MR) is 158 cm³/mol. The molecule has 1 N–H and O–H groups in total. The number of hydrogen-bond acceptors (Lipinski definition) is 5. The molecule has 0 aliphatic carbocycles. The van der Waals surface area contributed by atoms with Crippen LogP contribution in [0.5, 0.6) is 0 Å². The number of carbonyl (C=O) groups excluding carboxylic acids is 2. The second-order valence-corrected chi connectivity index (χ2v) is 11.9. The quantitative estimate of drug-likeness (QED) is 0.356. The van der Waals surface area contributed by atoms with Crippen molar-refractivity contribution in [2.24, 2.45) is 0 Å². The summed E-state index contributed by atoms with van der Waals surface area (Å²) in [6.45, 7) is 13.6. The molecule has 0 bridgehead atoms. The molecule has 2 atom stereocenters. The lowest BCUT2D eigenvalue weighted by Crippen LogP contribution is -2.57. The van der Waals surface area contributed by atoms with Crippen LogP contribution in [-0.2, 0) is 22.1 Å². The van der Waals surface area contributed by atoms with Gasteiger partial charge in [0.05, 0.1) is 5.56 Å². The molecule has 1 aliphatic heterocycles. The lowest BCUT2D eigenvalue weighted by Gasteiger charge is -2.42. The molecule has 2 amide bonds. The van der Waals surface area contributed by atoms with Crippen LogP contribution in [0.25, 0.3) is 0 Å². The minimum absolute atomic E-state index is 0.130. The molecular weight excluding hydrogens is 569 g/mol. The molecule has 0 aromatic heterocycles. The molecule has 2 aromatic carbocycles. The standard InChI is InChI=1S/C31H42ClF3N4O3/c1-6-37(7-2)21-27(23-10-12-24(13-11-23)31(33,34)35)38-16-18-39(19-17-38)28(40)26(36-29(41)42-30(3,4)5)20-22-8-14-25(32)15-9-22/h8-15,26-27H,6-7,16-21H2,1-5H3,(H,36,41)/t26-,27?/m1/s1. The number of amides is 2. The number of piperazine rings is 1. The average Bonchev–Trinajstić information content (AvgIpc) is 2.93. The van der Waals surface area contributed by atoms with Crippen molar-refractivity contribution in [2.45, 2.75) is 64.9 Å². The number of ether oxygens (including phenoxy) is 1. The fourth-order valence-electron chi connectivity index (χ4n) is 5.03. The van der Waals surface area contributed by atoms with E-state index in [1.54, 1.807) is 49.9 Å². The number of likely N-dealkylation sites (N-methyl/N-ethyl adjacent to an activating group) is 1. The highest BCUT2D eigenvalue weighted by Gasteiger charge is 2.34. The van der Waals surface area contributed by atoms with E-state index in [0.717, 1.165) is 36.3 Å². The SMILES string of the molecule is CCN(CC)CC(c1ccc(C(F)(F)F)cc1)N1CCN(C(=O)[C@@H](Cc2ccc(Cl)cc2)NC(=O)OC(C)(C)C)CC1. The van der Waals surface area contributed by atoms with Gasteiger partial charge in [0.1, 0.15) is 11.6 Å². The minimum Gasteiger partial charge on any atom is -0.444 e. The summed E-state index contributed by atoms with van der Waals surface area (Å²) in [6.07, 6.45) is -4.80. The fraction of sp³-hybridized carbons (Fsp3) is 0.548. The molecule has 1 heterocycles. The molecule has 7 nitrogen and oxygen atoms in total. The first-order valence-electron chi connectivity index (χ1n) is 14.4. The number of alkyl halides is 3. The van der Waals surface area contributed by atoms with Crippen LogP contribution in [0.2, 0.25) is 5.02 Å². The average molecular weight is 611 g/mol. The Balaban J connectivity index is 1.75. The van der Waals surface area contributed by atoms with Crippen LogP contribution in [0.4, 0.5) is 18.0 Å². The predicted octanol–water partition coefficient (Wildman–Crippen LogP) is 6.02. The first-order chi connectivity index (χ1) is 19.7. The van der Waals surface area contributed by atoms with E-state index >= 15 is 0 Å². The Bertz CT molecular complexity index is 1160. The summed E-state index contributed by atoms with van der Waals surface area (Å²) >= 11 is 6.03. The van der Waals surface area contributed by atoms with Crippen LogP contribution in [-0.4, -0.2) is 84.2 Å². The van der Waals surface area contributed by atoms with Gasteiger partial charge in [-0.3, -0.25) is 9.69 Å². The Morgan fingerprint density at radius 3 is 2.02 bits per heavy atom. The first-order valence-corrected chi connectivity index (χ1v) is 14.7. The van der Waals surface area contributed by atoms with Gasteiger partial charge in [-0.15, -0.1) is 0 Å². The van der Waals surface area contributed by atoms with Crippen molar-refractivity contribution in [3.05, 3.63) is 70.2 Å². The van der Waals surface area contributed by atoms with Gasteiger partial charge in [-0.1, -0.05) is 49.7 Å². The second kappa shape index (κ2) is 14.6. The largest absolute Gasteiger partial charge is 0.444 e. The number of carbonyl (C=O) groups is 2. The summed E-state index contributed by atoms with van der Waals surface area (Å²) in [5, 5.41) is 3.33. The molecule has 3 rings (SSSR count). The number of nitrogens with one attached hydrogen (secondary N) is 1. The molecular formula is C31H42ClF3N4O3. The Morgan fingerprint density at radius 1 is 0.952 bits per heavy atom. The van der Waals surface area contributed by atoms with Gasteiger partial charge in [0.2, 0.25) is 5.91 Å². The van der Waals surface area contributed by atoms with Gasteiger partial charge < -0.3 is 19.9 Å². The molecule has 0 spiro atoms. The van der Waals surface area contributed by atoms with E-state index < -0.39 is 29.5 Å². The van der Waals surface area contributed by atoms with Crippen LogP contribution in [0.1, 0.15) is 57.4 Å². The monoisotopic (exact) mass is 610 g/mol. The zero-order valence-electron chi connectivity index (χ0n) is 25.0. The zero-order chi connectivity index (χ0) is 31.1. The summed E-state index contributed by atoms with van der Waals surface area (Å²) in [5.41, 5.74) is 0.255. The number of hydrogen-bond donors (Lipinski definition) is 1. The molecule has 0 radical (unpaired) electrons. The first kappa shape index (κ1) is 33.7. The van der Waals surface area contributed by atoms with Gasteiger partial charge in [0.25, 0.3) is 0 Å². The van der Waals surface area contributed by atoms with Crippen LogP contribution < -0.4 is 5.32 Å². The Kier molecular flexibility index (Phi) is 11.7. The number of benzene rings is 2. The molecule has 11 heteroatoms. The maximum Gasteiger partial charge on any atom is 0.416 e. The summed E-state index contributed by atoms with van der Waals surface area (Å²) in [7, 11) is 0. The zero-order valence-corrected chi connectivity index (χ0v) is 25.8. The van der Waals surface area contributed by atoms with Crippen molar-refractivity contribution in [1.29, 1.82) is 0 Å². The van der Waals surface area contributed by atoms with Crippen LogP contribution in [0.3, 0.4) is 0 Å². The van der Waals surface area contributed by atoms with Crippen LogP contribution in [0.15, 0.2) is 48.5 Å². The van der Waals surface area contributed by atoms with Crippen molar-refractivity contribution < 1.29 is 27.5 Å². The topological polar surface area (TPSA) is 65.1 Å². The van der Waals surface area contributed by atoms with Crippen molar-refractivity contribution in [1.82, 2.24) is 20.0 Å². The summed E-state index contributed by atoms with van der Waals surface area (Å²) in [6, 6.07) is 11.5. The number of alkyl carbamates (subject to hydrolysis) is 1. The maximum atomic E-state index is 13.7. The van der Waals surface area contributed by atoms with Crippen molar-refractivity contribution in [2.75, 3.05) is 45.8 Å². The van der Waals surface area contributed by atoms with Crippen LogP contribution in [0, 0.1) is 0 Å². The number of nitrogens with zero attached hydrogens (tertiary/aromatic N) is 3. The fourth-order valence-corrected chi connectivity index (χ4v) is 5.16. The van der Waals surface area contributed by atoms with E-state index in [1.165, 1.54) is 0 Å². The van der Waals surface area contributed by atoms with E-state index in [9.17, 15) is 22.8 Å². The smallest absolute Gasteiger partial charge is 0.416 e. The Morgan fingerprint density at radius 2 is 1.52 bits per heavy atom. The Hall–Kier alpha value is -2.82. The van der Waals surface area contributed by atoms with Crippen LogP contribution >= 0.6 is 11.6 Å². The van der Waals surface area contributed by atoms with Crippen molar-refractivity contribution in [3.8, 4) is 0 Å². The van der Waals surface area contributed by atoms with E-state index in [2.05, 4.69) is 29.0 Å². The van der Waals surface area contributed by atoms with Gasteiger partial charge in [-0.05, 0) is 69.3 Å². The molecule has 1 unspecified atom stereocenters. The lowest BCUT2D eigenvalue weighted by atomic mass is 10.0. The summed E-state index contributed by atoms with van der Waals surface area (Å²) in [5.74, 6) is -0.217. The van der Waals surface area contributed by atoms with Crippen molar-refractivity contribution >= 4 is 23.6 Å². The van der Waals surface area contributed by atoms with E-state index in [-0.39, 0.29) is 18.4 Å². The molecule has 1 aliphatic rings. The van der Waals surface area contributed by atoms with Crippen molar-refractivity contribution in [3.63, 3.8) is 0 Å². The molecule has 1 saturated heterocycles. The second-order valence-electron chi connectivity index (χ2n) is 11.5. The van der Waals surface area contributed by atoms with Gasteiger partial charge in [-0.2, -0.15) is 13.2 Å². The third kappa shape index (κ3) is 9.88. The Labute approximate surface area is 251 Å². The highest BCUT2D eigenvalue weighted by Crippen LogP contribution is 2.31. The van der Waals surface area contributed by atoms with E-state index in [4.69, 9.17) is 16.3 Å². The summed E-state index contributed by atoms with van der Waals surface area (Å²) < 4.78 is 45.0. The molecule has 42 heavy (non-hydrogen) atoms. The molecule has 1 fully saturated rings. The third-order valence-corrected chi connectivity index (χ3v) is 7.61.